The third kappa shape index (κ3) is 4.97. The van der Waals surface area contributed by atoms with Crippen molar-refractivity contribution in [1.29, 1.82) is 0 Å². The lowest BCUT2D eigenvalue weighted by Crippen LogP contribution is -2.05. The van der Waals surface area contributed by atoms with Gasteiger partial charge in [-0.2, -0.15) is 0 Å². The molecule has 4 rings (SSSR count). The normalized spacial score (nSPS) is 18.5. The summed E-state index contributed by atoms with van der Waals surface area (Å²) >= 11 is 0. The van der Waals surface area contributed by atoms with Gasteiger partial charge >= 0.3 is 0 Å². The Kier molecular flexibility index (Phi) is 6.96. The van der Waals surface area contributed by atoms with Gasteiger partial charge in [0, 0.05) is 0 Å². The van der Waals surface area contributed by atoms with Gasteiger partial charge in [0.15, 0.2) is 0 Å². The molecule has 0 radical (unpaired) electrons. The summed E-state index contributed by atoms with van der Waals surface area (Å²) in [5, 5.41) is 0. The van der Waals surface area contributed by atoms with Crippen LogP contribution in [0.4, 0.5) is 0 Å². The first-order valence-corrected chi connectivity index (χ1v) is 10.1. The van der Waals surface area contributed by atoms with E-state index in [1.165, 1.54) is 81.8 Å². The highest BCUT2D eigenvalue weighted by atomic mass is 14.2. The quantitative estimate of drug-likeness (QED) is 0.530. The van der Waals surface area contributed by atoms with E-state index in [0.29, 0.717) is 0 Å². The Bertz CT molecular complexity index is 562. The van der Waals surface area contributed by atoms with E-state index < -0.39 is 0 Å². The molecule has 0 amide bonds. The minimum Gasteiger partial charge on any atom is -0.0622 e. The second-order valence-corrected chi connectivity index (χ2v) is 7.41. The van der Waals surface area contributed by atoms with Crippen molar-refractivity contribution < 1.29 is 0 Å². The molecule has 0 aromatic heterocycles. The van der Waals surface area contributed by atoms with Crippen LogP contribution in [0, 0.1) is 0 Å². The zero-order valence-corrected chi connectivity index (χ0v) is 15.1. The minimum atomic E-state index is 0.773. The topological polar surface area (TPSA) is 0 Å². The summed E-state index contributed by atoms with van der Waals surface area (Å²) < 4.78 is 0. The fraction of sp³-hybridized carbons (Fsp3) is 0.500. The SMILES string of the molecule is C1CCCCC1.c1ccc(-c2ccccc2C2CCCCC2)cc1. The Morgan fingerprint density at radius 1 is 0.500 bits per heavy atom. The van der Waals surface area contributed by atoms with Crippen molar-refractivity contribution >= 4 is 0 Å². The van der Waals surface area contributed by atoms with Crippen LogP contribution in [-0.4, -0.2) is 0 Å². The molecule has 2 aromatic carbocycles. The molecule has 2 aliphatic rings. The van der Waals surface area contributed by atoms with Gasteiger partial charge in [-0.25, -0.2) is 0 Å². The summed E-state index contributed by atoms with van der Waals surface area (Å²) in [6.45, 7) is 0. The van der Waals surface area contributed by atoms with Gasteiger partial charge in [-0.05, 0) is 35.4 Å². The number of benzene rings is 2. The maximum absolute atomic E-state index is 2.33. The second-order valence-electron chi connectivity index (χ2n) is 7.41. The summed E-state index contributed by atoms with van der Waals surface area (Å²) in [5.41, 5.74) is 4.35. The monoisotopic (exact) mass is 320 g/mol. The molecule has 0 atom stereocenters. The number of rotatable bonds is 2. The first-order valence-electron chi connectivity index (χ1n) is 10.1. The third-order valence-corrected chi connectivity index (χ3v) is 5.59. The molecule has 0 unspecified atom stereocenters. The van der Waals surface area contributed by atoms with E-state index in [0.717, 1.165) is 5.92 Å². The third-order valence-electron chi connectivity index (χ3n) is 5.59. The van der Waals surface area contributed by atoms with Crippen molar-refractivity contribution in [3.8, 4) is 11.1 Å². The molecule has 128 valence electrons. The van der Waals surface area contributed by atoms with Crippen LogP contribution >= 0.6 is 0 Å². The second kappa shape index (κ2) is 9.67. The first kappa shape index (κ1) is 17.3. The van der Waals surface area contributed by atoms with E-state index >= 15 is 0 Å². The van der Waals surface area contributed by atoms with E-state index in [1.807, 2.05) is 0 Å². The van der Waals surface area contributed by atoms with E-state index in [1.54, 1.807) is 5.56 Å². The number of hydrogen-bond donors (Lipinski definition) is 0. The van der Waals surface area contributed by atoms with Crippen molar-refractivity contribution in [2.45, 2.75) is 76.5 Å². The lowest BCUT2D eigenvalue weighted by Gasteiger charge is -2.24. The Morgan fingerprint density at radius 2 is 1.00 bits per heavy atom. The molecule has 0 heterocycles. The molecule has 2 saturated carbocycles. The molecule has 0 N–H and O–H groups in total. The van der Waals surface area contributed by atoms with Gasteiger partial charge < -0.3 is 0 Å². The summed E-state index contributed by atoms with van der Waals surface area (Å²) in [6.07, 6.45) is 15.9. The highest BCUT2D eigenvalue weighted by Gasteiger charge is 2.18. The van der Waals surface area contributed by atoms with Crippen molar-refractivity contribution in [3.05, 3.63) is 60.2 Å². The van der Waals surface area contributed by atoms with Gasteiger partial charge in [-0.3, -0.25) is 0 Å². The maximum Gasteiger partial charge on any atom is -0.0149 e. The molecule has 2 aromatic rings. The molecule has 0 heteroatoms. The summed E-state index contributed by atoms with van der Waals surface area (Å²) in [6, 6.07) is 19.8. The van der Waals surface area contributed by atoms with E-state index in [2.05, 4.69) is 54.6 Å². The van der Waals surface area contributed by atoms with Crippen LogP contribution in [0.25, 0.3) is 11.1 Å². The van der Waals surface area contributed by atoms with Crippen molar-refractivity contribution in [2.24, 2.45) is 0 Å². The molecule has 0 bridgehead atoms. The van der Waals surface area contributed by atoms with Crippen LogP contribution in [0.5, 0.6) is 0 Å². The summed E-state index contributed by atoms with van der Waals surface area (Å²) in [4.78, 5) is 0. The molecule has 2 fully saturated rings. The molecule has 0 aliphatic heterocycles. The Labute approximate surface area is 148 Å². The highest BCUT2D eigenvalue weighted by molar-refractivity contribution is 5.68. The van der Waals surface area contributed by atoms with Crippen LogP contribution in [-0.2, 0) is 0 Å². The fourth-order valence-corrected chi connectivity index (χ4v) is 4.21. The van der Waals surface area contributed by atoms with Crippen molar-refractivity contribution in [1.82, 2.24) is 0 Å². The largest absolute Gasteiger partial charge is 0.0622 e. The van der Waals surface area contributed by atoms with Crippen LogP contribution < -0.4 is 0 Å². The molecule has 2 aliphatic carbocycles. The summed E-state index contributed by atoms with van der Waals surface area (Å²) in [7, 11) is 0. The van der Waals surface area contributed by atoms with Crippen LogP contribution in [0.1, 0.15) is 82.1 Å². The van der Waals surface area contributed by atoms with Gasteiger partial charge in [-0.1, -0.05) is 112 Å². The van der Waals surface area contributed by atoms with Crippen LogP contribution in [0.3, 0.4) is 0 Å². The smallest absolute Gasteiger partial charge is 0.0149 e. The van der Waals surface area contributed by atoms with Crippen molar-refractivity contribution in [3.63, 3.8) is 0 Å². The standard InChI is InChI=1S/C18H20.C6H12/c1-3-9-15(10-4-1)17-13-7-8-14-18(17)16-11-5-2-6-12-16;1-2-4-6-5-3-1/h1,3-4,7-10,13-14,16H,2,5-6,11-12H2;1-6H2. The molecule has 0 nitrogen and oxygen atoms in total. The maximum atomic E-state index is 2.33. The Hall–Kier alpha value is -1.56. The zero-order valence-electron chi connectivity index (χ0n) is 15.1. The molecular weight excluding hydrogens is 288 g/mol. The van der Waals surface area contributed by atoms with Gasteiger partial charge in [0.25, 0.3) is 0 Å². The van der Waals surface area contributed by atoms with E-state index in [4.69, 9.17) is 0 Å². The lowest BCUT2D eigenvalue weighted by molar-refractivity contribution is 0.444. The Morgan fingerprint density at radius 3 is 1.62 bits per heavy atom. The van der Waals surface area contributed by atoms with Gasteiger partial charge in [0.2, 0.25) is 0 Å². The fourth-order valence-electron chi connectivity index (χ4n) is 4.21. The molecule has 24 heavy (non-hydrogen) atoms. The van der Waals surface area contributed by atoms with Gasteiger partial charge in [0.05, 0.1) is 0 Å². The van der Waals surface area contributed by atoms with Crippen LogP contribution in [0.15, 0.2) is 54.6 Å². The highest BCUT2D eigenvalue weighted by Crippen LogP contribution is 2.37. The Balaban J connectivity index is 0.000000238. The first-order chi connectivity index (χ1) is 11.9. The van der Waals surface area contributed by atoms with Gasteiger partial charge in [0.1, 0.15) is 0 Å². The molecule has 0 saturated heterocycles. The van der Waals surface area contributed by atoms with Crippen LogP contribution in [0.2, 0.25) is 0 Å². The average molecular weight is 321 g/mol. The molecular formula is C24H32. The van der Waals surface area contributed by atoms with Crippen molar-refractivity contribution in [2.75, 3.05) is 0 Å². The van der Waals surface area contributed by atoms with E-state index in [-0.39, 0.29) is 0 Å². The average Bonchev–Trinajstić information content (AvgIpc) is 2.71. The predicted molar refractivity (Wildman–Crippen MR) is 105 cm³/mol. The lowest BCUT2D eigenvalue weighted by atomic mass is 9.81. The summed E-state index contributed by atoms with van der Waals surface area (Å²) in [5.74, 6) is 0.773. The zero-order chi connectivity index (χ0) is 16.5. The number of hydrogen-bond acceptors (Lipinski definition) is 0. The predicted octanol–water partition coefficient (Wildman–Crippen LogP) is 7.74. The minimum absolute atomic E-state index is 0.773. The van der Waals surface area contributed by atoms with E-state index in [9.17, 15) is 0 Å². The molecule has 0 spiro atoms. The van der Waals surface area contributed by atoms with Gasteiger partial charge in [-0.15, -0.1) is 0 Å².